The lowest BCUT2D eigenvalue weighted by Gasteiger charge is -2.15. The van der Waals surface area contributed by atoms with Crippen molar-refractivity contribution in [2.24, 2.45) is 5.92 Å². The third kappa shape index (κ3) is 4.06. The normalized spacial score (nSPS) is 10.9. The number of pyridine rings is 1. The van der Waals surface area contributed by atoms with Gasteiger partial charge in [-0.2, -0.15) is 0 Å². The molecule has 2 amide bonds. The molecule has 3 aromatic rings. The Kier molecular flexibility index (Phi) is 5.28. The molecule has 5 nitrogen and oxygen atoms in total. The molecule has 1 aromatic heterocycles. The van der Waals surface area contributed by atoms with Gasteiger partial charge < -0.3 is 15.2 Å². The Morgan fingerprint density at radius 3 is 2.50 bits per heavy atom. The Balaban J connectivity index is 1.94. The maximum atomic E-state index is 12.7. The van der Waals surface area contributed by atoms with Crippen molar-refractivity contribution in [1.29, 1.82) is 0 Å². The molecule has 2 N–H and O–H groups in total. The van der Waals surface area contributed by atoms with Crippen molar-refractivity contribution in [3.63, 3.8) is 0 Å². The molecule has 134 valence electrons. The van der Waals surface area contributed by atoms with Crippen LogP contribution in [-0.4, -0.2) is 10.6 Å². The van der Waals surface area contributed by atoms with Gasteiger partial charge in [-0.1, -0.05) is 49.7 Å². The molecule has 0 saturated heterocycles. The molecule has 0 radical (unpaired) electrons. The average Bonchev–Trinajstić information content (AvgIpc) is 2.58. The number of hydrogen-bond donors (Lipinski definition) is 2. The number of halogens is 1. The van der Waals surface area contributed by atoms with Gasteiger partial charge in [-0.25, -0.2) is 4.79 Å². The molecule has 0 aliphatic carbocycles. The lowest BCUT2D eigenvalue weighted by molar-refractivity contribution is 0.262. The summed E-state index contributed by atoms with van der Waals surface area (Å²) in [6.07, 6.45) is 1.70. The van der Waals surface area contributed by atoms with E-state index in [-0.39, 0.29) is 5.56 Å². The van der Waals surface area contributed by atoms with Crippen LogP contribution in [0.2, 0.25) is 5.02 Å². The summed E-state index contributed by atoms with van der Waals surface area (Å²) in [5, 5.41) is 7.41. The number of rotatable bonds is 4. The van der Waals surface area contributed by atoms with Crippen LogP contribution in [-0.2, 0) is 6.54 Å². The summed E-state index contributed by atoms with van der Waals surface area (Å²) in [6.45, 7) is 4.66. The van der Waals surface area contributed by atoms with Gasteiger partial charge in [0.1, 0.15) is 0 Å². The number of carbonyl (C=O) groups is 1. The topological polar surface area (TPSA) is 63.1 Å². The van der Waals surface area contributed by atoms with E-state index in [0.29, 0.717) is 39.6 Å². The standard InChI is InChI=1S/C20H20ClN3O2/c1-13(2)11-24-12-18(16-8-3-4-9-17(16)19(24)25)23-20(26)22-15-7-5-6-14(21)10-15/h3-10,12-13H,11H2,1-2H3,(H2,22,23,26). The number of nitrogens with zero attached hydrogens (tertiary/aromatic N) is 1. The number of hydrogen-bond acceptors (Lipinski definition) is 2. The smallest absolute Gasteiger partial charge is 0.313 e. The summed E-state index contributed by atoms with van der Waals surface area (Å²) in [7, 11) is 0. The van der Waals surface area contributed by atoms with E-state index in [2.05, 4.69) is 10.6 Å². The number of anilines is 2. The van der Waals surface area contributed by atoms with Crippen LogP contribution in [0.1, 0.15) is 13.8 Å². The van der Waals surface area contributed by atoms with Gasteiger partial charge in [0.25, 0.3) is 5.56 Å². The molecular formula is C20H20ClN3O2. The molecule has 3 rings (SSSR count). The van der Waals surface area contributed by atoms with Gasteiger partial charge >= 0.3 is 6.03 Å². The molecule has 2 aromatic carbocycles. The SMILES string of the molecule is CC(C)Cn1cc(NC(=O)Nc2cccc(Cl)c2)c2ccccc2c1=O. The fraction of sp³-hybridized carbons (Fsp3) is 0.200. The average molecular weight is 370 g/mol. The van der Waals surface area contributed by atoms with Gasteiger partial charge in [-0.3, -0.25) is 4.79 Å². The Morgan fingerprint density at radius 2 is 1.81 bits per heavy atom. The number of carbonyl (C=O) groups excluding carboxylic acids is 1. The van der Waals surface area contributed by atoms with E-state index in [1.54, 1.807) is 41.1 Å². The summed E-state index contributed by atoms with van der Waals surface area (Å²) in [6, 6.07) is 13.8. The molecule has 26 heavy (non-hydrogen) atoms. The Labute approximate surface area is 156 Å². The highest BCUT2D eigenvalue weighted by atomic mass is 35.5. The minimum Gasteiger partial charge on any atom is -0.313 e. The molecule has 0 bridgehead atoms. The third-order valence-electron chi connectivity index (χ3n) is 3.89. The number of benzene rings is 2. The maximum absolute atomic E-state index is 12.7. The first kappa shape index (κ1) is 18.0. The summed E-state index contributed by atoms with van der Waals surface area (Å²) in [5.41, 5.74) is 1.12. The van der Waals surface area contributed by atoms with E-state index < -0.39 is 6.03 Å². The van der Waals surface area contributed by atoms with E-state index >= 15 is 0 Å². The summed E-state index contributed by atoms with van der Waals surface area (Å²) < 4.78 is 1.64. The molecule has 0 fully saturated rings. The lowest BCUT2D eigenvalue weighted by atomic mass is 10.1. The Hall–Kier alpha value is -2.79. The highest BCUT2D eigenvalue weighted by molar-refractivity contribution is 6.30. The largest absolute Gasteiger partial charge is 0.323 e. The molecule has 6 heteroatoms. The van der Waals surface area contributed by atoms with Crippen LogP contribution in [0.4, 0.5) is 16.2 Å². The summed E-state index contributed by atoms with van der Waals surface area (Å²) in [4.78, 5) is 25.1. The predicted octanol–water partition coefficient (Wildman–Crippen LogP) is 4.95. The predicted molar refractivity (Wildman–Crippen MR) is 107 cm³/mol. The monoisotopic (exact) mass is 369 g/mol. The fourth-order valence-electron chi connectivity index (χ4n) is 2.82. The van der Waals surface area contributed by atoms with Gasteiger partial charge in [0.2, 0.25) is 0 Å². The number of aromatic nitrogens is 1. The van der Waals surface area contributed by atoms with Gasteiger partial charge in [-0.05, 0) is 30.2 Å². The first-order chi connectivity index (χ1) is 12.4. The Bertz CT molecular complexity index is 1010. The van der Waals surface area contributed by atoms with Crippen molar-refractivity contribution in [2.45, 2.75) is 20.4 Å². The highest BCUT2D eigenvalue weighted by Crippen LogP contribution is 2.21. The van der Waals surface area contributed by atoms with Crippen LogP contribution in [0.3, 0.4) is 0 Å². The van der Waals surface area contributed by atoms with Crippen molar-refractivity contribution >= 4 is 39.8 Å². The van der Waals surface area contributed by atoms with Gasteiger partial charge in [-0.15, -0.1) is 0 Å². The van der Waals surface area contributed by atoms with Crippen LogP contribution >= 0.6 is 11.6 Å². The number of nitrogens with one attached hydrogen (secondary N) is 2. The van der Waals surface area contributed by atoms with Gasteiger partial charge in [0, 0.05) is 34.2 Å². The maximum Gasteiger partial charge on any atom is 0.323 e. The molecule has 0 saturated carbocycles. The number of amides is 2. The Morgan fingerprint density at radius 1 is 1.08 bits per heavy atom. The van der Waals surface area contributed by atoms with Gasteiger partial charge in [0.05, 0.1) is 5.69 Å². The first-order valence-corrected chi connectivity index (χ1v) is 8.77. The molecular weight excluding hydrogens is 350 g/mol. The van der Waals surface area contributed by atoms with E-state index in [1.165, 1.54) is 0 Å². The molecule has 0 unspecified atom stereocenters. The third-order valence-corrected chi connectivity index (χ3v) is 4.12. The second-order valence-electron chi connectivity index (χ2n) is 6.53. The first-order valence-electron chi connectivity index (χ1n) is 8.40. The minimum absolute atomic E-state index is 0.0601. The summed E-state index contributed by atoms with van der Waals surface area (Å²) in [5.74, 6) is 0.307. The van der Waals surface area contributed by atoms with E-state index in [1.807, 2.05) is 32.0 Å². The van der Waals surface area contributed by atoms with Crippen LogP contribution in [0.15, 0.2) is 59.5 Å². The molecule has 1 heterocycles. The molecule has 0 spiro atoms. The van der Waals surface area contributed by atoms with Gasteiger partial charge in [0.15, 0.2) is 0 Å². The molecule has 0 aliphatic rings. The van der Waals surface area contributed by atoms with Crippen molar-refractivity contribution in [1.82, 2.24) is 4.57 Å². The lowest BCUT2D eigenvalue weighted by Crippen LogP contribution is -2.25. The second-order valence-corrected chi connectivity index (χ2v) is 6.97. The van der Waals surface area contributed by atoms with E-state index in [9.17, 15) is 9.59 Å². The van der Waals surface area contributed by atoms with Crippen LogP contribution in [0, 0.1) is 5.92 Å². The van der Waals surface area contributed by atoms with Crippen LogP contribution < -0.4 is 16.2 Å². The quantitative estimate of drug-likeness (QED) is 0.683. The highest BCUT2D eigenvalue weighted by Gasteiger charge is 2.12. The number of urea groups is 1. The van der Waals surface area contributed by atoms with Crippen LogP contribution in [0.25, 0.3) is 10.8 Å². The van der Waals surface area contributed by atoms with Crippen molar-refractivity contribution in [2.75, 3.05) is 10.6 Å². The zero-order valence-electron chi connectivity index (χ0n) is 14.6. The molecule has 0 atom stereocenters. The van der Waals surface area contributed by atoms with E-state index in [0.717, 1.165) is 0 Å². The minimum atomic E-state index is -0.396. The van der Waals surface area contributed by atoms with Crippen molar-refractivity contribution in [3.8, 4) is 0 Å². The van der Waals surface area contributed by atoms with Crippen molar-refractivity contribution in [3.05, 3.63) is 70.1 Å². The fourth-order valence-corrected chi connectivity index (χ4v) is 3.01. The van der Waals surface area contributed by atoms with Crippen LogP contribution in [0.5, 0.6) is 0 Å². The zero-order valence-corrected chi connectivity index (χ0v) is 15.4. The number of fused-ring (bicyclic) bond motifs is 1. The molecule has 0 aliphatic heterocycles. The second kappa shape index (κ2) is 7.62. The zero-order chi connectivity index (χ0) is 18.7. The van der Waals surface area contributed by atoms with E-state index in [4.69, 9.17) is 11.6 Å². The van der Waals surface area contributed by atoms with Crippen molar-refractivity contribution < 1.29 is 4.79 Å². The summed E-state index contributed by atoms with van der Waals surface area (Å²) >= 11 is 5.94.